The van der Waals surface area contributed by atoms with Crippen LogP contribution in [-0.4, -0.2) is 70.6 Å². The van der Waals surface area contributed by atoms with Crippen LogP contribution in [0.3, 0.4) is 0 Å². The summed E-state index contributed by atoms with van der Waals surface area (Å²) in [7, 11) is 0. The number of anilines is 1. The summed E-state index contributed by atoms with van der Waals surface area (Å²) in [4.78, 5) is 26.1. The van der Waals surface area contributed by atoms with Gasteiger partial charge in [0.05, 0.1) is 26.4 Å². The lowest BCUT2D eigenvalue weighted by Crippen LogP contribution is -2.29. The standard InChI is InChI=1S/C28H36N4O5/c1-21(30)28(34)37-16-15-36-14-13-35-12-9-31-27(33)25(20-29)18-22-5-6-24-19-26(8-7-23(24)17-22)32-10-3-2-4-11-32/h5-8,17-19,21H,2-4,9-16,30H2,1H3,(H,31,33)/b25-18+/t21-/m0/s1. The third-order valence-corrected chi connectivity index (χ3v) is 5.99. The number of esters is 1. The first-order valence-corrected chi connectivity index (χ1v) is 12.7. The summed E-state index contributed by atoms with van der Waals surface area (Å²) in [6, 6.07) is 13.7. The van der Waals surface area contributed by atoms with Crippen LogP contribution < -0.4 is 16.0 Å². The van der Waals surface area contributed by atoms with Crippen LogP contribution >= 0.6 is 0 Å². The molecule has 37 heavy (non-hydrogen) atoms. The lowest BCUT2D eigenvalue weighted by atomic mass is 10.0. The topological polar surface area (TPSA) is 127 Å². The number of carbonyl (C=O) groups is 2. The highest BCUT2D eigenvalue weighted by atomic mass is 16.6. The van der Waals surface area contributed by atoms with E-state index < -0.39 is 17.9 Å². The van der Waals surface area contributed by atoms with Gasteiger partial charge in [-0.1, -0.05) is 18.2 Å². The van der Waals surface area contributed by atoms with E-state index in [4.69, 9.17) is 19.9 Å². The van der Waals surface area contributed by atoms with Crippen molar-refractivity contribution >= 4 is 34.4 Å². The molecule has 9 nitrogen and oxygen atoms in total. The predicted molar refractivity (Wildman–Crippen MR) is 143 cm³/mol. The molecule has 198 valence electrons. The smallest absolute Gasteiger partial charge is 0.322 e. The van der Waals surface area contributed by atoms with Crippen LogP contribution in [0.2, 0.25) is 0 Å². The highest BCUT2D eigenvalue weighted by molar-refractivity contribution is 6.02. The summed E-state index contributed by atoms with van der Waals surface area (Å²) >= 11 is 0. The second-order valence-corrected chi connectivity index (χ2v) is 8.95. The first-order valence-electron chi connectivity index (χ1n) is 12.7. The van der Waals surface area contributed by atoms with Crippen molar-refractivity contribution in [2.75, 3.05) is 57.6 Å². The molecule has 3 rings (SSSR count). The van der Waals surface area contributed by atoms with Gasteiger partial charge in [0.25, 0.3) is 5.91 Å². The van der Waals surface area contributed by atoms with Gasteiger partial charge in [-0.05, 0) is 66.8 Å². The SMILES string of the molecule is C[C@H](N)C(=O)OCCOCCOCCNC(=O)/C(C#N)=C/c1ccc2cc(N3CCCCC3)ccc2c1. The van der Waals surface area contributed by atoms with Crippen molar-refractivity contribution in [3.8, 4) is 6.07 Å². The number of rotatable bonds is 13. The Hall–Kier alpha value is -3.45. The molecule has 1 heterocycles. The molecule has 0 spiro atoms. The molecular formula is C28H36N4O5. The van der Waals surface area contributed by atoms with Crippen LogP contribution in [0.5, 0.6) is 0 Å². The van der Waals surface area contributed by atoms with Gasteiger partial charge >= 0.3 is 5.97 Å². The zero-order valence-electron chi connectivity index (χ0n) is 21.4. The Bertz CT molecular complexity index is 1120. The van der Waals surface area contributed by atoms with Crippen molar-refractivity contribution < 1.29 is 23.8 Å². The van der Waals surface area contributed by atoms with Crippen molar-refractivity contribution in [2.24, 2.45) is 5.73 Å². The molecule has 0 unspecified atom stereocenters. The number of piperidine rings is 1. The second-order valence-electron chi connectivity index (χ2n) is 8.95. The monoisotopic (exact) mass is 508 g/mol. The average molecular weight is 509 g/mol. The molecule has 1 amide bonds. The molecule has 2 aromatic rings. The minimum Gasteiger partial charge on any atom is -0.462 e. The Labute approximate surface area is 218 Å². The Kier molecular flexibility index (Phi) is 11.4. The second kappa shape index (κ2) is 15.0. The molecule has 9 heteroatoms. The summed E-state index contributed by atoms with van der Waals surface area (Å²) in [5.41, 5.74) is 7.46. The molecule has 1 aliphatic heterocycles. The van der Waals surface area contributed by atoms with E-state index in [1.54, 1.807) is 13.0 Å². The first-order chi connectivity index (χ1) is 18.0. The molecule has 0 aliphatic carbocycles. The minimum absolute atomic E-state index is 0.0361. The van der Waals surface area contributed by atoms with Gasteiger partial charge in [0.15, 0.2) is 0 Å². The van der Waals surface area contributed by atoms with E-state index in [-0.39, 0.29) is 31.9 Å². The van der Waals surface area contributed by atoms with Crippen LogP contribution in [0.4, 0.5) is 5.69 Å². The number of carbonyl (C=O) groups excluding carboxylic acids is 2. The number of nitrogens with two attached hydrogens (primary N) is 1. The Morgan fingerprint density at radius 1 is 1.03 bits per heavy atom. The summed E-state index contributed by atoms with van der Waals surface area (Å²) in [5.74, 6) is -0.914. The van der Waals surface area contributed by atoms with Gasteiger partial charge < -0.3 is 30.2 Å². The number of hydrogen-bond donors (Lipinski definition) is 2. The molecule has 1 saturated heterocycles. The molecule has 0 bridgehead atoms. The lowest BCUT2D eigenvalue weighted by Gasteiger charge is -2.29. The third-order valence-electron chi connectivity index (χ3n) is 5.99. The number of amides is 1. The Balaban J connectivity index is 1.39. The predicted octanol–water partition coefficient (Wildman–Crippen LogP) is 2.78. The van der Waals surface area contributed by atoms with E-state index in [9.17, 15) is 14.9 Å². The molecule has 0 saturated carbocycles. The summed E-state index contributed by atoms with van der Waals surface area (Å²) in [6.45, 7) is 5.34. The van der Waals surface area contributed by atoms with Crippen molar-refractivity contribution in [3.05, 3.63) is 47.5 Å². The van der Waals surface area contributed by atoms with Crippen molar-refractivity contribution in [2.45, 2.75) is 32.2 Å². The Morgan fingerprint density at radius 2 is 1.70 bits per heavy atom. The van der Waals surface area contributed by atoms with E-state index in [0.29, 0.717) is 13.2 Å². The largest absolute Gasteiger partial charge is 0.462 e. The summed E-state index contributed by atoms with van der Waals surface area (Å²) < 4.78 is 15.6. The molecule has 1 fully saturated rings. The zero-order chi connectivity index (χ0) is 26.5. The first kappa shape index (κ1) is 28.1. The van der Waals surface area contributed by atoms with E-state index >= 15 is 0 Å². The quantitative estimate of drug-likeness (QED) is 0.183. The lowest BCUT2D eigenvalue weighted by molar-refractivity contribution is -0.146. The zero-order valence-corrected chi connectivity index (χ0v) is 21.4. The minimum atomic E-state index is -0.653. The number of nitrogens with one attached hydrogen (secondary N) is 1. The normalized spacial score (nSPS) is 14.7. The van der Waals surface area contributed by atoms with E-state index in [1.165, 1.54) is 24.9 Å². The third kappa shape index (κ3) is 9.17. The van der Waals surface area contributed by atoms with Crippen molar-refractivity contribution in [1.29, 1.82) is 5.26 Å². The number of fused-ring (bicyclic) bond motifs is 1. The number of nitrogens with zero attached hydrogens (tertiary/aromatic N) is 2. The maximum Gasteiger partial charge on any atom is 0.322 e. The summed E-state index contributed by atoms with van der Waals surface area (Å²) in [5, 5.41) is 14.4. The van der Waals surface area contributed by atoms with Crippen LogP contribution in [0, 0.1) is 11.3 Å². The van der Waals surface area contributed by atoms with Crippen molar-refractivity contribution in [3.63, 3.8) is 0 Å². The number of hydrogen-bond acceptors (Lipinski definition) is 8. The van der Waals surface area contributed by atoms with E-state index in [1.807, 2.05) is 24.3 Å². The molecular weight excluding hydrogens is 472 g/mol. The van der Waals surface area contributed by atoms with Gasteiger partial charge in [0, 0.05) is 25.3 Å². The summed E-state index contributed by atoms with van der Waals surface area (Å²) in [6.07, 6.45) is 5.36. The number of nitriles is 1. The maximum atomic E-state index is 12.4. The fourth-order valence-electron chi connectivity index (χ4n) is 3.99. The van der Waals surface area contributed by atoms with E-state index in [2.05, 4.69) is 28.4 Å². The van der Waals surface area contributed by atoms with Crippen LogP contribution in [0.15, 0.2) is 42.0 Å². The highest BCUT2D eigenvalue weighted by Gasteiger charge is 2.12. The fraction of sp³-hybridized carbons (Fsp3) is 0.464. The van der Waals surface area contributed by atoms with Gasteiger partial charge in [-0.3, -0.25) is 9.59 Å². The highest BCUT2D eigenvalue weighted by Crippen LogP contribution is 2.26. The molecule has 1 aliphatic rings. The van der Waals surface area contributed by atoms with Crippen molar-refractivity contribution in [1.82, 2.24) is 5.32 Å². The maximum absolute atomic E-state index is 12.4. The van der Waals surface area contributed by atoms with Gasteiger partial charge in [-0.2, -0.15) is 5.26 Å². The Morgan fingerprint density at radius 3 is 2.43 bits per heavy atom. The molecule has 0 aromatic heterocycles. The average Bonchev–Trinajstić information content (AvgIpc) is 2.92. The van der Waals surface area contributed by atoms with Gasteiger partial charge in [-0.25, -0.2) is 0 Å². The van der Waals surface area contributed by atoms with Crippen LogP contribution in [-0.2, 0) is 23.8 Å². The van der Waals surface area contributed by atoms with Crippen LogP contribution in [0.1, 0.15) is 31.7 Å². The fourth-order valence-corrected chi connectivity index (χ4v) is 3.99. The molecule has 3 N–H and O–H groups in total. The van der Waals surface area contributed by atoms with Gasteiger partial charge in [-0.15, -0.1) is 0 Å². The van der Waals surface area contributed by atoms with Gasteiger partial charge in [0.1, 0.15) is 24.3 Å². The number of benzene rings is 2. The molecule has 0 radical (unpaired) electrons. The van der Waals surface area contributed by atoms with Crippen LogP contribution in [0.25, 0.3) is 16.8 Å². The van der Waals surface area contributed by atoms with E-state index in [0.717, 1.165) is 29.4 Å². The molecule has 1 atom stereocenters. The number of ether oxygens (including phenoxy) is 3. The molecule has 2 aromatic carbocycles. The van der Waals surface area contributed by atoms with Gasteiger partial charge in [0.2, 0.25) is 0 Å².